The van der Waals surface area contributed by atoms with Crippen LogP contribution in [0.3, 0.4) is 0 Å². The minimum atomic E-state index is -0.152. The Balaban J connectivity index is 1.71. The van der Waals surface area contributed by atoms with Gasteiger partial charge in [0.15, 0.2) is 0 Å². The van der Waals surface area contributed by atoms with Gasteiger partial charge in [0.25, 0.3) is 0 Å². The number of nitriles is 1. The molecule has 1 fully saturated rings. The Morgan fingerprint density at radius 2 is 2.33 bits per heavy atom. The second-order valence-corrected chi connectivity index (χ2v) is 7.94. The average Bonchev–Trinajstić information content (AvgIpc) is 3.40. The summed E-state index contributed by atoms with van der Waals surface area (Å²) in [6.07, 6.45) is 2.20. The fraction of sp³-hybridized carbons (Fsp3) is 0.500. The van der Waals surface area contributed by atoms with Gasteiger partial charge in [-0.15, -0.1) is 11.3 Å². The number of nitrogens with zero attached hydrogens (tertiary/aromatic N) is 2. The van der Waals surface area contributed by atoms with Crippen LogP contribution in [0.2, 0.25) is 0 Å². The first-order valence-corrected chi connectivity index (χ1v) is 10.2. The van der Waals surface area contributed by atoms with Crippen molar-refractivity contribution in [1.82, 2.24) is 9.88 Å². The summed E-state index contributed by atoms with van der Waals surface area (Å²) in [4.78, 5) is 13.7. The highest BCUT2D eigenvalue weighted by Gasteiger charge is 2.24. The summed E-state index contributed by atoms with van der Waals surface area (Å²) in [5, 5.41) is 17.8. The predicted octanol–water partition coefficient (Wildman–Crippen LogP) is 3.51. The fourth-order valence-corrected chi connectivity index (χ4v) is 4.17. The van der Waals surface area contributed by atoms with Crippen LogP contribution in [-0.2, 0) is 16.1 Å². The van der Waals surface area contributed by atoms with Crippen LogP contribution in [0.5, 0.6) is 0 Å². The summed E-state index contributed by atoms with van der Waals surface area (Å²) in [6.45, 7) is 7.57. The summed E-state index contributed by atoms with van der Waals surface area (Å²) in [5.74, 6) is 0.430. The van der Waals surface area contributed by atoms with Crippen molar-refractivity contribution >= 4 is 23.1 Å². The lowest BCUT2D eigenvalue weighted by atomic mass is 10.2. The number of ether oxygens (including phenoxy) is 1. The van der Waals surface area contributed by atoms with E-state index in [-0.39, 0.29) is 24.6 Å². The minimum absolute atomic E-state index is 0.105. The Kier molecular flexibility index (Phi) is 6.32. The molecule has 2 aromatic rings. The van der Waals surface area contributed by atoms with Crippen LogP contribution in [0.25, 0.3) is 0 Å². The monoisotopic (exact) mass is 386 g/mol. The van der Waals surface area contributed by atoms with E-state index in [1.54, 1.807) is 11.3 Å². The maximum absolute atomic E-state index is 12.5. The number of hydrogen-bond donors (Lipinski definition) is 2. The first-order valence-electron chi connectivity index (χ1n) is 9.29. The van der Waals surface area contributed by atoms with Crippen LogP contribution in [-0.4, -0.2) is 29.7 Å². The van der Waals surface area contributed by atoms with Crippen LogP contribution in [0.15, 0.2) is 17.5 Å². The Bertz CT molecular complexity index is 829. The molecule has 144 valence electrons. The van der Waals surface area contributed by atoms with Gasteiger partial charge in [-0.25, -0.2) is 0 Å². The molecule has 3 heterocycles. The second kappa shape index (κ2) is 8.70. The first-order chi connectivity index (χ1) is 13.0. The van der Waals surface area contributed by atoms with Gasteiger partial charge in [-0.3, -0.25) is 4.79 Å². The molecule has 6 nitrogen and oxygen atoms in total. The van der Waals surface area contributed by atoms with Crippen molar-refractivity contribution in [3.05, 3.63) is 39.2 Å². The van der Waals surface area contributed by atoms with Crippen molar-refractivity contribution < 1.29 is 9.53 Å². The highest BCUT2D eigenvalue weighted by atomic mass is 32.1. The quantitative estimate of drug-likeness (QED) is 0.763. The van der Waals surface area contributed by atoms with Gasteiger partial charge in [0.2, 0.25) is 5.91 Å². The molecule has 1 amide bonds. The third-order valence-corrected chi connectivity index (χ3v) is 6.20. The normalized spacial score (nSPS) is 17.6. The molecule has 3 rings (SSSR count). The van der Waals surface area contributed by atoms with E-state index in [1.807, 2.05) is 42.9 Å². The van der Waals surface area contributed by atoms with Gasteiger partial charge < -0.3 is 19.9 Å². The molecule has 0 unspecified atom stereocenters. The molecule has 1 aliphatic heterocycles. The van der Waals surface area contributed by atoms with Crippen LogP contribution in [0.4, 0.5) is 5.82 Å². The van der Waals surface area contributed by atoms with E-state index in [0.29, 0.717) is 17.9 Å². The number of nitrogens with one attached hydrogen (secondary N) is 2. The molecule has 7 heteroatoms. The van der Waals surface area contributed by atoms with E-state index >= 15 is 0 Å². The Hall–Kier alpha value is -2.14. The van der Waals surface area contributed by atoms with Crippen molar-refractivity contribution in [2.24, 2.45) is 0 Å². The zero-order valence-corrected chi connectivity index (χ0v) is 16.9. The molecule has 2 atom stereocenters. The Morgan fingerprint density at radius 1 is 1.52 bits per heavy atom. The van der Waals surface area contributed by atoms with Gasteiger partial charge in [0.1, 0.15) is 11.9 Å². The molecule has 0 spiro atoms. The maximum Gasteiger partial charge on any atom is 0.239 e. The molecule has 0 saturated carbocycles. The SMILES string of the molecule is Cc1c(C#N)c(NC(=O)CN[C@H](C)c2cccs2)n(C[C@H]2CCCO2)c1C. The van der Waals surface area contributed by atoms with E-state index in [0.717, 1.165) is 30.7 Å². The lowest BCUT2D eigenvalue weighted by Crippen LogP contribution is -2.31. The lowest BCUT2D eigenvalue weighted by molar-refractivity contribution is -0.115. The number of carbonyl (C=O) groups excluding carboxylic acids is 1. The number of rotatable bonds is 7. The molecule has 0 bridgehead atoms. The molecule has 1 aliphatic rings. The van der Waals surface area contributed by atoms with Gasteiger partial charge in [0, 0.05) is 23.2 Å². The van der Waals surface area contributed by atoms with Crippen molar-refractivity contribution in [3.8, 4) is 6.07 Å². The number of thiophene rings is 1. The van der Waals surface area contributed by atoms with E-state index in [9.17, 15) is 10.1 Å². The van der Waals surface area contributed by atoms with Gasteiger partial charge in [0.05, 0.1) is 24.8 Å². The van der Waals surface area contributed by atoms with Crippen molar-refractivity contribution in [3.63, 3.8) is 0 Å². The standard InChI is InChI=1S/C20H26N4O2S/c1-13-15(3)24(12-16-6-4-8-26-16)20(17(13)10-21)23-19(25)11-22-14(2)18-7-5-9-27-18/h5,7,9,14,16,22H,4,6,8,11-12H2,1-3H3,(H,23,25)/t14-,16-/m1/s1. The summed E-state index contributed by atoms with van der Waals surface area (Å²) >= 11 is 1.66. The number of amides is 1. The van der Waals surface area contributed by atoms with Gasteiger partial charge in [-0.1, -0.05) is 6.07 Å². The number of hydrogen-bond acceptors (Lipinski definition) is 5. The third-order valence-electron chi connectivity index (χ3n) is 5.15. The summed E-state index contributed by atoms with van der Waals surface area (Å²) in [6, 6.07) is 6.40. The van der Waals surface area contributed by atoms with Crippen LogP contribution >= 0.6 is 11.3 Å². The van der Waals surface area contributed by atoms with Crippen molar-refractivity contribution in [2.75, 3.05) is 18.5 Å². The third kappa shape index (κ3) is 4.41. The molecular formula is C20H26N4O2S. The molecule has 2 N–H and O–H groups in total. The average molecular weight is 387 g/mol. The van der Waals surface area contributed by atoms with Gasteiger partial charge in [-0.2, -0.15) is 5.26 Å². The van der Waals surface area contributed by atoms with E-state index < -0.39 is 0 Å². The summed E-state index contributed by atoms with van der Waals surface area (Å²) in [7, 11) is 0. The fourth-order valence-electron chi connectivity index (χ4n) is 3.41. The van der Waals surface area contributed by atoms with Crippen LogP contribution in [0.1, 0.15) is 47.5 Å². The van der Waals surface area contributed by atoms with Crippen LogP contribution in [0, 0.1) is 25.2 Å². The molecule has 1 saturated heterocycles. The molecular weight excluding hydrogens is 360 g/mol. The van der Waals surface area contributed by atoms with Crippen molar-refractivity contribution in [2.45, 2.75) is 52.3 Å². The first kappa shape index (κ1) is 19.6. The molecule has 0 radical (unpaired) electrons. The molecule has 2 aromatic heterocycles. The predicted molar refractivity (Wildman–Crippen MR) is 107 cm³/mol. The maximum atomic E-state index is 12.5. The lowest BCUT2D eigenvalue weighted by Gasteiger charge is -2.17. The summed E-state index contributed by atoms with van der Waals surface area (Å²) in [5.41, 5.74) is 2.44. The van der Waals surface area contributed by atoms with Crippen molar-refractivity contribution in [1.29, 1.82) is 5.26 Å². The minimum Gasteiger partial charge on any atom is -0.376 e. The van der Waals surface area contributed by atoms with E-state index in [4.69, 9.17) is 4.74 Å². The molecule has 0 aromatic carbocycles. The number of anilines is 1. The highest BCUT2D eigenvalue weighted by molar-refractivity contribution is 7.10. The largest absolute Gasteiger partial charge is 0.376 e. The van der Waals surface area contributed by atoms with E-state index in [1.165, 1.54) is 4.88 Å². The van der Waals surface area contributed by atoms with Crippen LogP contribution < -0.4 is 10.6 Å². The zero-order valence-electron chi connectivity index (χ0n) is 16.0. The molecule has 27 heavy (non-hydrogen) atoms. The smallest absolute Gasteiger partial charge is 0.239 e. The molecule has 0 aliphatic carbocycles. The second-order valence-electron chi connectivity index (χ2n) is 6.96. The Labute approximate surface area is 164 Å². The van der Waals surface area contributed by atoms with Gasteiger partial charge in [-0.05, 0) is 50.6 Å². The topological polar surface area (TPSA) is 79.1 Å². The Morgan fingerprint density at radius 3 is 2.96 bits per heavy atom. The highest BCUT2D eigenvalue weighted by Crippen LogP contribution is 2.28. The van der Waals surface area contributed by atoms with Gasteiger partial charge >= 0.3 is 0 Å². The van der Waals surface area contributed by atoms with E-state index in [2.05, 4.69) is 16.7 Å². The number of aromatic nitrogens is 1. The zero-order chi connectivity index (χ0) is 19.4. The summed E-state index contributed by atoms with van der Waals surface area (Å²) < 4.78 is 7.77. The number of carbonyl (C=O) groups is 1.